The van der Waals surface area contributed by atoms with Gasteiger partial charge in [-0.3, -0.25) is 9.52 Å². The molecule has 0 aliphatic carbocycles. The maximum absolute atomic E-state index is 13.1. The van der Waals surface area contributed by atoms with Gasteiger partial charge in [0.1, 0.15) is 22.1 Å². The average molecular weight is 469 g/mol. The number of sulfonamides is 1. The van der Waals surface area contributed by atoms with Crippen molar-refractivity contribution in [3.63, 3.8) is 0 Å². The van der Waals surface area contributed by atoms with Crippen molar-refractivity contribution in [2.75, 3.05) is 23.8 Å². The zero-order valence-electron chi connectivity index (χ0n) is 18.2. The molecule has 8 nitrogen and oxygen atoms in total. The first-order chi connectivity index (χ1) is 15.9. The van der Waals surface area contributed by atoms with E-state index in [1.807, 2.05) is 31.2 Å². The molecule has 0 saturated carbocycles. The van der Waals surface area contributed by atoms with Crippen molar-refractivity contribution in [2.45, 2.75) is 24.3 Å². The third kappa shape index (κ3) is 5.04. The predicted octanol–water partition coefficient (Wildman–Crippen LogP) is 3.84. The smallest absolute Gasteiger partial charge is 0.265 e. The van der Waals surface area contributed by atoms with Crippen molar-refractivity contribution in [3.8, 4) is 17.2 Å². The molecule has 1 atom stereocenters. The van der Waals surface area contributed by atoms with Crippen LogP contribution in [0.25, 0.3) is 0 Å². The van der Waals surface area contributed by atoms with Crippen molar-refractivity contribution in [1.29, 1.82) is 0 Å². The number of methoxy groups -OCH3 is 1. The Morgan fingerprint density at radius 1 is 1.06 bits per heavy atom. The van der Waals surface area contributed by atoms with Crippen LogP contribution >= 0.6 is 0 Å². The van der Waals surface area contributed by atoms with Crippen LogP contribution in [0.1, 0.15) is 12.5 Å². The quantitative estimate of drug-likeness (QED) is 0.521. The summed E-state index contributed by atoms with van der Waals surface area (Å²) >= 11 is 0. The third-order valence-electron chi connectivity index (χ3n) is 5.08. The van der Waals surface area contributed by atoms with Crippen molar-refractivity contribution >= 4 is 27.3 Å². The lowest BCUT2D eigenvalue weighted by molar-refractivity contribution is -0.122. The molecule has 0 bridgehead atoms. The van der Waals surface area contributed by atoms with Gasteiger partial charge < -0.3 is 19.5 Å². The number of carbonyl (C=O) groups excluding carboxylic acids is 1. The molecule has 9 heteroatoms. The molecule has 0 saturated heterocycles. The Morgan fingerprint density at radius 3 is 2.48 bits per heavy atom. The molecular formula is C24H24N2O6S. The fraction of sp³-hybridized carbons (Fsp3) is 0.208. The van der Waals surface area contributed by atoms with E-state index in [-0.39, 0.29) is 16.6 Å². The van der Waals surface area contributed by atoms with Crippen LogP contribution in [0.4, 0.5) is 11.4 Å². The van der Waals surface area contributed by atoms with Crippen LogP contribution in [0.5, 0.6) is 17.2 Å². The van der Waals surface area contributed by atoms with E-state index in [1.54, 1.807) is 30.3 Å². The van der Waals surface area contributed by atoms with Crippen LogP contribution < -0.4 is 24.2 Å². The first kappa shape index (κ1) is 22.5. The van der Waals surface area contributed by atoms with E-state index in [4.69, 9.17) is 14.2 Å². The highest BCUT2D eigenvalue weighted by molar-refractivity contribution is 7.92. The Bertz CT molecular complexity index is 1230. The summed E-state index contributed by atoms with van der Waals surface area (Å²) in [7, 11) is -2.62. The molecule has 172 valence electrons. The summed E-state index contributed by atoms with van der Waals surface area (Å²) in [6.45, 7) is 2.38. The fourth-order valence-electron chi connectivity index (χ4n) is 3.51. The highest BCUT2D eigenvalue weighted by atomic mass is 32.2. The molecule has 0 fully saturated rings. The number of amides is 1. The summed E-state index contributed by atoms with van der Waals surface area (Å²) < 4.78 is 45.0. The maximum Gasteiger partial charge on any atom is 0.265 e. The summed E-state index contributed by atoms with van der Waals surface area (Å²) in [5.41, 5.74) is 1.63. The van der Waals surface area contributed by atoms with Crippen LogP contribution in [0.15, 0.2) is 71.6 Å². The Labute approximate surface area is 192 Å². The van der Waals surface area contributed by atoms with Gasteiger partial charge in [0, 0.05) is 17.8 Å². The minimum absolute atomic E-state index is 0.104. The summed E-state index contributed by atoms with van der Waals surface area (Å²) in [4.78, 5) is 12.6. The van der Waals surface area contributed by atoms with Gasteiger partial charge in [0.25, 0.3) is 15.9 Å². The standard InChI is InChI=1S/C24H24N2O6S/c1-3-31-19-11-8-17(9-12-19)26-33(28,29)23-15-18(10-13-21(23)30-2)25-24(27)22-14-16-6-4-5-7-20(16)32-22/h4-13,15,22,26H,3,14H2,1-2H3,(H,25,27). The molecule has 4 rings (SSSR count). The van der Waals surface area contributed by atoms with E-state index in [1.165, 1.54) is 19.2 Å². The Hall–Kier alpha value is -3.72. The number of carbonyl (C=O) groups is 1. The number of anilines is 2. The van der Waals surface area contributed by atoms with E-state index in [0.29, 0.717) is 35.9 Å². The molecule has 1 aliphatic heterocycles. The number of rotatable bonds is 8. The van der Waals surface area contributed by atoms with Gasteiger partial charge in [-0.15, -0.1) is 0 Å². The van der Waals surface area contributed by atoms with Crippen molar-refractivity contribution < 1.29 is 27.4 Å². The van der Waals surface area contributed by atoms with Crippen LogP contribution in [-0.2, 0) is 21.2 Å². The molecule has 33 heavy (non-hydrogen) atoms. The Morgan fingerprint density at radius 2 is 1.79 bits per heavy atom. The number of hydrogen-bond donors (Lipinski definition) is 2. The van der Waals surface area contributed by atoms with E-state index in [9.17, 15) is 13.2 Å². The van der Waals surface area contributed by atoms with Crippen LogP contribution in [0.2, 0.25) is 0 Å². The zero-order chi connectivity index (χ0) is 23.4. The van der Waals surface area contributed by atoms with Crippen molar-refractivity contribution in [2.24, 2.45) is 0 Å². The van der Waals surface area contributed by atoms with Gasteiger partial charge in [0.15, 0.2) is 6.10 Å². The van der Waals surface area contributed by atoms with E-state index < -0.39 is 16.1 Å². The van der Waals surface area contributed by atoms with Gasteiger partial charge >= 0.3 is 0 Å². The fourth-order valence-corrected chi connectivity index (χ4v) is 4.77. The highest BCUT2D eigenvalue weighted by Gasteiger charge is 2.29. The number of hydrogen-bond acceptors (Lipinski definition) is 6. The van der Waals surface area contributed by atoms with Gasteiger partial charge in [-0.2, -0.15) is 0 Å². The van der Waals surface area contributed by atoms with Gasteiger partial charge in [-0.1, -0.05) is 18.2 Å². The second-order valence-corrected chi connectivity index (χ2v) is 8.99. The number of ether oxygens (including phenoxy) is 3. The van der Waals surface area contributed by atoms with E-state index in [0.717, 1.165) is 5.56 Å². The first-order valence-electron chi connectivity index (χ1n) is 10.4. The van der Waals surface area contributed by atoms with Crippen LogP contribution in [0, 0.1) is 0 Å². The second-order valence-electron chi connectivity index (χ2n) is 7.34. The van der Waals surface area contributed by atoms with Crippen LogP contribution in [0.3, 0.4) is 0 Å². The Kier molecular flexibility index (Phi) is 6.41. The molecule has 1 aliphatic rings. The maximum atomic E-state index is 13.1. The molecule has 0 spiro atoms. The number of nitrogens with one attached hydrogen (secondary N) is 2. The van der Waals surface area contributed by atoms with Gasteiger partial charge in [0.2, 0.25) is 0 Å². The zero-order valence-corrected chi connectivity index (χ0v) is 19.0. The minimum Gasteiger partial charge on any atom is -0.495 e. The SMILES string of the molecule is CCOc1ccc(NS(=O)(=O)c2cc(NC(=O)C3Cc4ccccc4O3)ccc2OC)cc1. The highest BCUT2D eigenvalue weighted by Crippen LogP contribution is 2.31. The monoisotopic (exact) mass is 468 g/mol. The summed E-state index contributed by atoms with van der Waals surface area (Å²) in [5.74, 6) is 1.10. The predicted molar refractivity (Wildman–Crippen MR) is 125 cm³/mol. The summed E-state index contributed by atoms with van der Waals surface area (Å²) in [6, 6.07) is 18.4. The topological polar surface area (TPSA) is 103 Å². The molecular weight excluding hydrogens is 444 g/mol. The molecule has 1 amide bonds. The molecule has 1 heterocycles. The largest absolute Gasteiger partial charge is 0.495 e. The van der Waals surface area contributed by atoms with Crippen molar-refractivity contribution in [3.05, 3.63) is 72.3 Å². The Balaban J connectivity index is 1.52. The van der Waals surface area contributed by atoms with Gasteiger partial charge in [-0.25, -0.2) is 8.42 Å². The number of para-hydroxylation sites is 1. The lowest BCUT2D eigenvalue weighted by Crippen LogP contribution is -2.31. The molecule has 2 N–H and O–H groups in total. The summed E-state index contributed by atoms with van der Waals surface area (Å²) in [5, 5.41) is 2.74. The normalized spacial score (nSPS) is 14.7. The summed E-state index contributed by atoms with van der Waals surface area (Å²) in [6.07, 6.45) is -0.241. The number of fused-ring (bicyclic) bond motifs is 1. The van der Waals surface area contributed by atoms with Crippen LogP contribution in [-0.4, -0.2) is 34.1 Å². The first-order valence-corrected chi connectivity index (χ1v) is 11.9. The third-order valence-corrected chi connectivity index (χ3v) is 6.48. The molecule has 1 unspecified atom stereocenters. The second kappa shape index (κ2) is 9.41. The van der Waals surface area contributed by atoms with Gasteiger partial charge in [-0.05, 0) is 61.0 Å². The lowest BCUT2D eigenvalue weighted by atomic mass is 10.1. The average Bonchev–Trinajstić information content (AvgIpc) is 3.25. The molecule has 0 aromatic heterocycles. The molecule has 3 aromatic rings. The minimum atomic E-state index is -4.00. The molecule has 0 radical (unpaired) electrons. The van der Waals surface area contributed by atoms with Gasteiger partial charge in [0.05, 0.1) is 13.7 Å². The van der Waals surface area contributed by atoms with Crippen molar-refractivity contribution in [1.82, 2.24) is 0 Å². The van der Waals surface area contributed by atoms with E-state index in [2.05, 4.69) is 10.0 Å². The molecule has 3 aromatic carbocycles. The lowest BCUT2D eigenvalue weighted by Gasteiger charge is -2.15. The number of benzene rings is 3. The van der Waals surface area contributed by atoms with E-state index >= 15 is 0 Å².